The van der Waals surface area contributed by atoms with Crippen molar-refractivity contribution in [3.8, 4) is 0 Å². The lowest BCUT2D eigenvalue weighted by Gasteiger charge is -2.33. The predicted octanol–water partition coefficient (Wildman–Crippen LogP) is 2.23. The van der Waals surface area contributed by atoms with Gasteiger partial charge in [-0.25, -0.2) is 4.98 Å². The Kier molecular flexibility index (Phi) is 5.20. The van der Waals surface area contributed by atoms with Gasteiger partial charge in [0, 0.05) is 25.9 Å². The van der Waals surface area contributed by atoms with E-state index in [0.29, 0.717) is 16.4 Å². The molecular weight excluding hydrogens is 278 g/mol. The Morgan fingerprint density at radius 2 is 2.45 bits per heavy atom. The van der Waals surface area contributed by atoms with Gasteiger partial charge in [0.15, 0.2) is 0 Å². The van der Waals surface area contributed by atoms with E-state index in [9.17, 15) is 4.79 Å². The summed E-state index contributed by atoms with van der Waals surface area (Å²) in [6.45, 7) is 4.55. The molecule has 0 radical (unpaired) electrons. The molecule has 110 valence electrons. The molecule has 1 saturated heterocycles. The Hall–Kier alpha value is -1.33. The highest BCUT2D eigenvalue weighted by molar-refractivity contribution is 6.33. The number of aromatic nitrogens is 1. The standard InChI is InChI=1S/C14H20ClN3O2/c1-2-6-20-11-4-3-5-18(9-11)14-12(15)7-10(8-17-14)13(16)19/h7-8,11H,2-6,9H2,1H3,(H2,16,19). The number of pyridine rings is 1. The zero-order chi connectivity index (χ0) is 14.5. The second-order valence-corrected chi connectivity index (χ2v) is 5.38. The van der Waals surface area contributed by atoms with E-state index in [1.165, 1.54) is 6.20 Å². The molecule has 1 aromatic rings. The monoisotopic (exact) mass is 297 g/mol. The van der Waals surface area contributed by atoms with Crippen LogP contribution in [-0.4, -0.2) is 36.7 Å². The lowest BCUT2D eigenvalue weighted by molar-refractivity contribution is 0.0439. The highest BCUT2D eigenvalue weighted by atomic mass is 35.5. The zero-order valence-electron chi connectivity index (χ0n) is 11.6. The van der Waals surface area contributed by atoms with E-state index in [-0.39, 0.29) is 6.10 Å². The van der Waals surface area contributed by atoms with Crippen molar-refractivity contribution in [2.24, 2.45) is 5.73 Å². The summed E-state index contributed by atoms with van der Waals surface area (Å²) in [4.78, 5) is 17.5. The molecular formula is C14H20ClN3O2. The number of amides is 1. The molecule has 1 fully saturated rings. The largest absolute Gasteiger partial charge is 0.376 e. The minimum atomic E-state index is -0.520. The van der Waals surface area contributed by atoms with Crippen molar-refractivity contribution in [1.82, 2.24) is 4.98 Å². The maximum absolute atomic E-state index is 11.1. The first kappa shape index (κ1) is 15.1. The fourth-order valence-corrected chi connectivity index (χ4v) is 2.64. The molecule has 0 spiro atoms. The average molecular weight is 298 g/mol. The third kappa shape index (κ3) is 3.61. The molecule has 1 aromatic heterocycles. The van der Waals surface area contributed by atoms with Gasteiger partial charge in [0.1, 0.15) is 5.82 Å². The number of ether oxygens (including phenoxy) is 1. The minimum absolute atomic E-state index is 0.220. The minimum Gasteiger partial charge on any atom is -0.376 e. The van der Waals surface area contributed by atoms with Crippen molar-refractivity contribution in [3.63, 3.8) is 0 Å². The molecule has 0 bridgehead atoms. The number of carbonyl (C=O) groups is 1. The van der Waals surface area contributed by atoms with E-state index in [0.717, 1.165) is 39.0 Å². The molecule has 6 heteroatoms. The maximum atomic E-state index is 11.1. The molecule has 1 aliphatic heterocycles. The van der Waals surface area contributed by atoms with Crippen molar-refractivity contribution >= 4 is 23.3 Å². The van der Waals surface area contributed by atoms with Crippen molar-refractivity contribution in [3.05, 3.63) is 22.8 Å². The normalized spacial score (nSPS) is 19.1. The maximum Gasteiger partial charge on any atom is 0.250 e. The second kappa shape index (κ2) is 6.90. The number of carbonyl (C=O) groups excluding carboxylic acids is 1. The fraction of sp³-hybridized carbons (Fsp3) is 0.571. The van der Waals surface area contributed by atoms with Crippen LogP contribution < -0.4 is 10.6 Å². The lowest BCUT2D eigenvalue weighted by Crippen LogP contribution is -2.40. The van der Waals surface area contributed by atoms with Gasteiger partial charge >= 0.3 is 0 Å². The summed E-state index contributed by atoms with van der Waals surface area (Å²) >= 11 is 6.21. The van der Waals surface area contributed by atoms with E-state index in [1.54, 1.807) is 6.07 Å². The van der Waals surface area contributed by atoms with E-state index in [4.69, 9.17) is 22.1 Å². The van der Waals surface area contributed by atoms with Crippen LogP contribution in [0.1, 0.15) is 36.5 Å². The molecule has 2 N–H and O–H groups in total. The second-order valence-electron chi connectivity index (χ2n) is 4.97. The Morgan fingerprint density at radius 1 is 1.65 bits per heavy atom. The zero-order valence-corrected chi connectivity index (χ0v) is 12.4. The summed E-state index contributed by atoms with van der Waals surface area (Å²) in [5.74, 6) is 0.176. The molecule has 1 atom stereocenters. The van der Waals surface area contributed by atoms with Crippen LogP contribution in [0.3, 0.4) is 0 Å². The molecule has 5 nitrogen and oxygen atoms in total. The Bertz CT molecular complexity index is 481. The molecule has 1 aliphatic rings. The number of rotatable bonds is 5. The van der Waals surface area contributed by atoms with E-state index < -0.39 is 5.91 Å². The van der Waals surface area contributed by atoms with E-state index in [2.05, 4.69) is 16.8 Å². The molecule has 1 unspecified atom stereocenters. The van der Waals surface area contributed by atoms with Crippen LogP contribution >= 0.6 is 11.6 Å². The van der Waals surface area contributed by atoms with Crippen LogP contribution in [-0.2, 0) is 4.74 Å². The van der Waals surface area contributed by atoms with Crippen LogP contribution in [0, 0.1) is 0 Å². The molecule has 0 saturated carbocycles. The Morgan fingerprint density at radius 3 is 3.10 bits per heavy atom. The van der Waals surface area contributed by atoms with Gasteiger partial charge in [-0.15, -0.1) is 0 Å². The number of hydrogen-bond donors (Lipinski definition) is 1. The summed E-state index contributed by atoms with van der Waals surface area (Å²) < 4.78 is 5.80. The molecule has 20 heavy (non-hydrogen) atoms. The van der Waals surface area contributed by atoms with Gasteiger partial charge in [0.2, 0.25) is 5.91 Å². The third-order valence-electron chi connectivity index (χ3n) is 3.34. The number of hydrogen-bond acceptors (Lipinski definition) is 4. The summed E-state index contributed by atoms with van der Waals surface area (Å²) in [7, 11) is 0. The third-order valence-corrected chi connectivity index (χ3v) is 3.62. The van der Waals surface area contributed by atoms with Gasteiger partial charge in [0.25, 0.3) is 0 Å². The van der Waals surface area contributed by atoms with Crippen molar-refractivity contribution in [2.45, 2.75) is 32.3 Å². The highest BCUT2D eigenvalue weighted by Gasteiger charge is 2.23. The Labute approximate surface area is 124 Å². The first-order valence-corrected chi connectivity index (χ1v) is 7.31. The first-order chi connectivity index (χ1) is 9.61. The van der Waals surface area contributed by atoms with Gasteiger partial charge in [0.05, 0.1) is 16.7 Å². The number of nitrogens with zero attached hydrogens (tertiary/aromatic N) is 2. The molecule has 1 amide bonds. The number of primary amides is 1. The average Bonchev–Trinajstić information content (AvgIpc) is 2.45. The smallest absolute Gasteiger partial charge is 0.250 e. The molecule has 0 aliphatic carbocycles. The van der Waals surface area contributed by atoms with Gasteiger partial charge < -0.3 is 15.4 Å². The number of piperidine rings is 1. The van der Waals surface area contributed by atoms with E-state index >= 15 is 0 Å². The van der Waals surface area contributed by atoms with Crippen LogP contribution in [0.5, 0.6) is 0 Å². The number of halogens is 1. The van der Waals surface area contributed by atoms with Gasteiger partial charge in [-0.05, 0) is 25.3 Å². The predicted molar refractivity (Wildman–Crippen MR) is 79.2 cm³/mol. The topological polar surface area (TPSA) is 68.4 Å². The summed E-state index contributed by atoms with van der Waals surface area (Å²) in [6, 6.07) is 1.57. The van der Waals surface area contributed by atoms with Crippen molar-refractivity contribution in [1.29, 1.82) is 0 Å². The number of nitrogens with two attached hydrogens (primary N) is 1. The fourth-order valence-electron chi connectivity index (χ4n) is 2.35. The first-order valence-electron chi connectivity index (χ1n) is 6.93. The van der Waals surface area contributed by atoms with Crippen LogP contribution in [0.25, 0.3) is 0 Å². The van der Waals surface area contributed by atoms with Gasteiger partial charge in [-0.2, -0.15) is 0 Å². The number of anilines is 1. The van der Waals surface area contributed by atoms with Gasteiger partial charge in [-0.3, -0.25) is 4.79 Å². The SMILES string of the molecule is CCCOC1CCCN(c2ncc(C(N)=O)cc2Cl)C1. The molecule has 2 heterocycles. The van der Waals surface area contributed by atoms with Crippen LogP contribution in [0.2, 0.25) is 5.02 Å². The van der Waals surface area contributed by atoms with Crippen LogP contribution in [0.15, 0.2) is 12.3 Å². The molecule has 2 rings (SSSR count). The lowest BCUT2D eigenvalue weighted by atomic mass is 10.1. The quantitative estimate of drug-likeness (QED) is 0.905. The van der Waals surface area contributed by atoms with Crippen molar-refractivity contribution < 1.29 is 9.53 Å². The Balaban J connectivity index is 2.08. The highest BCUT2D eigenvalue weighted by Crippen LogP contribution is 2.27. The van der Waals surface area contributed by atoms with Crippen LogP contribution in [0.4, 0.5) is 5.82 Å². The van der Waals surface area contributed by atoms with E-state index in [1.807, 2.05) is 0 Å². The summed E-state index contributed by atoms with van der Waals surface area (Å²) in [6.07, 6.45) is 4.82. The van der Waals surface area contributed by atoms with Gasteiger partial charge in [-0.1, -0.05) is 18.5 Å². The van der Waals surface area contributed by atoms with Crippen molar-refractivity contribution in [2.75, 3.05) is 24.6 Å². The summed E-state index contributed by atoms with van der Waals surface area (Å²) in [5.41, 5.74) is 5.55. The molecule has 0 aromatic carbocycles. The summed E-state index contributed by atoms with van der Waals surface area (Å²) in [5, 5.41) is 0.456.